The van der Waals surface area contributed by atoms with Gasteiger partial charge in [0.05, 0.1) is 0 Å². The van der Waals surface area contributed by atoms with Crippen molar-refractivity contribution in [3.63, 3.8) is 0 Å². The minimum absolute atomic E-state index is 0.225. The Kier molecular flexibility index (Phi) is 8.35. The molecule has 0 aromatic carbocycles. The zero-order chi connectivity index (χ0) is 15.7. The van der Waals surface area contributed by atoms with Gasteiger partial charge in [-0.05, 0) is 19.5 Å². The second-order valence-electron chi connectivity index (χ2n) is 5.64. The van der Waals surface area contributed by atoms with Crippen molar-refractivity contribution >= 4 is 11.8 Å². The highest BCUT2D eigenvalue weighted by molar-refractivity contribution is 5.78. The normalized spacial score (nSPS) is 15.6. The fraction of sp³-hybridized carbons (Fsp3) is 0.875. The average Bonchev–Trinajstić information content (AvgIpc) is 2.53. The Balaban J connectivity index is 2.28. The highest BCUT2D eigenvalue weighted by Crippen LogP contribution is 2.08. The lowest BCUT2D eigenvalue weighted by Gasteiger charge is -2.35. The Hall–Kier alpha value is -1.10. The van der Waals surface area contributed by atoms with E-state index in [1.54, 1.807) is 0 Å². The van der Waals surface area contributed by atoms with E-state index in [1.165, 1.54) is 0 Å². The van der Waals surface area contributed by atoms with Gasteiger partial charge in [-0.15, -0.1) is 0 Å². The molecule has 1 rings (SSSR count). The first-order chi connectivity index (χ1) is 10.1. The van der Waals surface area contributed by atoms with Gasteiger partial charge in [-0.3, -0.25) is 9.59 Å². The van der Waals surface area contributed by atoms with Crippen LogP contribution in [0.2, 0.25) is 0 Å². The van der Waals surface area contributed by atoms with Gasteiger partial charge in [0.25, 0.3) is 0 Å². The summed E-state index contributed by atoms with van der Waals surface area (Å²) in [6.45, 7) is 11.9. The number of rotatable bonds is 8. The molecule has 0 unspecified atom stereocenters. The third-order valence-electron chi connectivity index (χ3n) is 4.27. The average molecular weight is 297 g/mol. The molecule has 0 N–H and O–H groups in total. The third kappa shape index (κ3) is 6.04. The maximum absolute atomic E-state index is 12.2. The highest BCUT2D eigenvalue weighted by atomic mass is 16.2. The van der Waals surface area contributed by atoms with E-state index in [4.69, 9.17) is 0 Å². The van der Waals surface area contributed by atoms with Gasteiger partial charge < -0.3 is 14.7 Å². The summed E-state index contributed by atoms with van der Waals surface area (Å²) in [5.74, 6) is 0.467. The van der Waals surface area contributed by atoms with Crippen molar-refractivity contribution in [2.45, 2.75) is 46.5 Å². The van der Waals surface area contributed by atoms with Crippen molar-refractivity contribution in [3.05, 3.63) is 0 Å². The van der Waals surface area contributed by atoms with E-state index in [1.807, 2.05) is 9.80 Å². The summed E-state index contributed by atoms with van der Waals surface area (Å²) in [5, 5.41) is 0. The SMILES string of the molecule is CCCCC(=O)N1CCN(C(=O)CCN(CC)CC)CC1. The Morgan fingerprint density at radius 3 is 1.76 bits per heavy atom. The lowest BCUT2D eigenvalue weighted by Crippen LogP contribution is -2.51. The van der Waals surface area contributed by atoms with Gasteiger partial charge >= 0.3 is 0 Å². The Morgan fingerprint density at radius 2 is 1.33 bits per heavy atom. The molecule has 0 radical (unpaired) electrons. The molecular formula is C16H31N3O2. The highest BCUT2D eigenvalue weighted by Gasteiger charge is 2.23. The summed E-state index contributed by atoms with van der Waals surface area (Å²) in [4.78, 5) is 30.2. The van der Waals surface area contributed by atoms with Crippen LogP contribution in [0.3, 0.4) is 0 Å². The number of carbonyl (C=O) groups excluding carboxylic acids is 2. The van der Waals surface area contributed by atoms with Crippen molar-refractivity contribution in [3.8, 4) is 0 Å². The van der Waals surface area contributed by atoms with Crippen LogP contribution < -0.4 is 0 Å². The summed E-state index contributed by atoms with van der Waals surface area (Å²) >= 11 is 0. The smallest absolute Gasteiger partial charge is 0.223 e. The molecule has 5 heteroatoms. The molecule has 1 saturated heterocycles. The number of piperazine rings is 1. The summed E-state index contributed by atoms with van der Waals surface area (Å²) < 4.78 is 0. The number of hydrogen-bond acceptors (Lipinski definition) is 3. The van der Waals surface area contributed by atoms with Crippen LogP contribution in [0.15, 0.2) is 0 Å². The predicted molar refractivity (Wildman–Crippen MR) is 85.1 cm³/mol. The molecule has 0 bridgehead atoms. The molecule has 5 nitrogen and oxygen atoms in total. The quantitative estimate of drug-likeness (QED) is 0.683. The van der Waals surface area contributed by atoms with Gasteiger partial charge in [0, 0.05) is 45.6 Å². The molecule has 122 valence electrons. The molecule has 0 atom stereocenters. The first-order valence-electron chi connectivity index (χ1n) is 8.40. The fourth-order valence-electron chi connectivity index (χ4n) is 2.64. The van der Waals surface area contributed by atoms with Gasteiger partial charge in [-0.2, -0.15) is 0 Å². The number of amides is 2. The number of hydrogen-bond donors (Lipinski definition) is 0. The van der Waals surface area contributed by atoms with Crippen molar-refractivity contribution in [2.75, 3.05) is 45.8 Å². The predicted octanol–water partition coefficient (Wildman–Crippen LogP) is 1.58. The van der Waals surface area contributed by atoms with E-state index in [-0.39, 0.29) is 11.8 Å². The molecule has 1 aliphatic rings. The van der Waals surface area contributed by atoms with Crippen LogP contribution in [0.4, 0.5) is 0 Å². The number of unbranched alkanes of at least 4 members (excludes halogenated alkanes) is 1. The molecule has 1 heterocycles. The molecule has 21 heavy (non-hydrogen) atoms. The zero-order valence-corrected chi connectivity index (χ0v) is 13.9. The zero-order valence-electron chi connectivity index (χ0n) is 13.9. The summed E-state index contributed by atoms with van der Waals surface area (Å²) in [6, 6.07) is 0. The van der Waals surface area contributed by atoms with Crippen molar-refractivity contribution in [2.24, 2.45) is 0 Å². The van der Waals surface area contributed by atoms with E-state index in [9.17, 15) is 9.59 Å². The lowest BCUT2D eigenvalue weighted by molar-refractivity contribution is -0.139. The van der Waals surface area contributed by atoms with Crippen molar-refractivity contribution in [1.29, 1.82) is 0 Å². The Labute approximate surface area is 129 Å². The van der Waals surface area contributed by atoms with Crippen LogP contribution in [-0.2, 0) is 9.59 Å². The van der Waals surface area contributed by atoms with Crippen LogP contribution in [-0.4, -0.2) is 72.3 Å². The van der Waals surface area contributed by atoms with Crippen LogP contribution in [0.1, 0.15) is 46.5 Å². The Morgan fingerprint density at radius 1 is 0.857 bits per heavy atom. The molecule has 0 spiro atoms. The van der Waals surface area contributed by atoms with Gasteiger partial charge in [0.15, 0.2) is 0 Å². The molecule has 1 aliphatic heterocycles. The molecule has 0 aromatic heterocycles. The molecule has 2 amide bonds. The topological polar surface area (TPSA) is 43.9 Å². The summed E-state index contributed by atoms with van der Waals surface area (Å²) in [5.41, 5.74) is 0. The molecule has 1 fully saturated rings. The minimum atomic E-state index is 0.225. The fourth-order valence-corrected chi connectivity index (χ4v) is 2.64. The van der Waals surface area contributed by atoms with E-state index < -0.39 is 0 Å². The molecular weight excluding hydrogens is 266 g/mol. The minimum Gasteiger partial charge on any atom is -0.339 e. The maximum Gasteiger partial charge on any atom is 0.223 e. The lowest BCUT2D eigenvalue weighted by atomic mass is 10.2. The van der Waals surface area contributed by atoms with E-state index in [0.717, 1.165) is 32.5 Å². The number of carbonyl (C=O) groups is 2. The van der Waals surface area contributed by atoms with E-state index >= 15 is 0 Å². The van der Waals surface area contributed by atoms with Crippen LogP contribution >= 0.6 is 0 Å². The number of nitrogens with zero attached hydrogens (tertiary/aromatic N) is 3. The standard InChI is InChI=1S/C16H31N3O2/c1-4-7-8-15(20)18-11-13-19(14-12-18)16(21)9-10-17(5-2)6-3/h4-14H2,1-3H3. The van der Waals surface area contributed by atoms with Gasteiger partial charge in [-0.1, -0.05) is 27.2 Å². The van der Waals surface area contributed by atoms with Crippen molar-refractivity contribution < 1.29 is 9.59 Å². The van der Waals surface area contributed by atoms with Crippen LogP contribution in [0.25, 0.3) is 0 Å². The largest absolute Gasteiger partial charge is 0.339 e. The summed E-state index contributed by atoms with van der Waals surface area (Å²) in [7, 11) is 0. The second kappa shape index (κ2) is 9.77. The van der Waals surface area contributed by atoms with Gasteiger partial charge in [0.2, 0.25) is 11.8 Å². The molecule has 0 aliphatic carbocycles. The first kappa shape index (κ1) is 18.0. The van der Waals surface area contributed by atoms with Crippen molar-refractivity contribution in [1.82, 2.24) is 14.7 Å². The molecule has 0 aromatic rings. The van der Waals surface area contributed by atoms with Gasteiger partial charge in [-0.25, -0.2) is 0 Å². The Bertz CT molecular complexity index is 321. The maximum atomic E-state index is 12.2. The molecule has 0 saturated carbocycles. The van der Waals surface area contributed by atoms with E-state index in [2.05, 4.69) is 25.7 Å². The third-order valence-corrected chi connectivity index (χ3v) is 4.27. The summed E-state index contributed by atoms with van der Waals surface area (Å²) in [6.07, 6.45) is 3.25. The monoisotopic (exact) mass is 297 g/mol. The first-order valence-corrected chi connectivity index (χ1v) is 8.40. The van der Waals surface area contributed by atoms with E-state index in [0.29, 0.717) is 39.0 Å². The van der Waals surface area contributed by atoms with Crippen LogP contribution in [0.5, 0.6) is 0 Å². The van der Waals surface area contributed by atoms with Crippen LogP contribution in [0, 0.1) is 0 Å². The second-order valence-corrected chi connectivity index (χ2v) is 5.64. The van der Waals surface area contributed by atoms with Gasteiger partial charge in [0.1, 0.15) is 0 Å².